The maximum absolute atomic E-state index is 12.3. The minimum Gasteiger partial charge on any atom is -0.598 e. The Balaban J connectivity index is 1.42. The highest BCUT2D eigenvalue weighted by molar-refractivity contribution is 7.90. The molecule has 0 radical (unpaired) electrons. The van der Waals surface area contributed by atoms with Gasteiger partial charge in [-0.25, -0.2) is 4.79 Å². The number of carbonyl (C=O) groups is 1. The highest BCUT2D eigenvalue weighted by Gasteiger charge is 2.28. The zero-order valence-corrected chi connectivity index (χ0v) is 20.2. The van der Waals surface area contributed by atoms with Crippen LogP contribution in [0.25, 0.3) is 0 Å². The highest BCUT2D eigenvalue weighted by Crippen LogP contribution is 2.24. The van der Waals surface area contributed by atoms with E-state index in [1.165, 1.54) is 0 Å². The Morgan fingerprint density at radius 2 is 1.75 bits per heavy atom. The van der Waals surface area contributed by atoms with Crippen LogP contribution in [-0.4, -0.2) is 39.5 Å². The molecule has 1 aliphatic heterocycles. The number of likely N-dealkylation sites (tertiary alicyclic amines) is 1. The van der Waals surface area contributed by atoms with Gasteiger partial charge in [-0.15, -0.1) is 4.72 Å². The van der Waals surface area contributed by atoms with Crippen LogP contribution in [0.15, 0.2) is 54.6 Å². The summed E-state index contributed by atoms with van der Waals surface area (Å²) in [5, 5.41) is 0. The number of ether oxygens (including phenoxy) is 2. The van der Waals surface area contributed by atoms with Crippen molar-refractivity contribution in [1.82, 2.24) is 9.62 Å². The first-order chi connectivity index (χ1) is 15.2. The molecule has 32 heavy (non-hydrogen) atoms. The Morgan fingerprint density at radius 3 is 2.34 bits per heavy atom. The lowest BCUT2D eigenvalue weighted by Gasteiger charge is -2.31. The summed E-state index contributed by atoms with van der Waals surface area (Å²) in [4.78, 5) is 14.1. The number of amides is 1. The Labute approximate surface area is 194 Å². The first kappa shape index (κ1) is 24.4. The van der Waals surface area contributed by atoms with Gasteiger partial charge in [0.05, 0.1) is 6.04 Å². The van der Waals surface area contributed by atoms with E-state index in [0.29, 0.717) is 19.7 Å². The summed E-state index contributed by atoms with van der Waals surface area (Å²) in [6.07, 6.45) is 1.34. The molecule has 1 heterocycles. The molecule has 1 saturated heterocycles. The van der Waals surface area contributed by atoms with Gasteiger partial charge in [0, 0.05) is 37.3 Å². The van der Waals surface area contributed by atoms with Gasteiger partial charge in [0.1, 0.15) is 23.2 Å². The zero-order valence-electron chi connectivity index (χ0n) is 19.4. The topological polar surface area (TPSA) is 73.9 Å². The number of hydrogen-bond acceptors (Lipinski definition) is 5. The molecule has 0 bridgehead atoms. The molecular weight excluding hydrogens is 424 g/mol. The fourth-order valence-electron chi connectivity index (χ4n) is 3.40. The lowest BCUT2D eigenvalue weighted by molar-refractivity contribution is 0.0638. The minimum atomic E-state index is -1.12. The van der Waals surface area contributed by atoms with Gasteiger partial charge in [0.25, 0.3) is 0 Å². The molecule has 2 aromatic carbocycles. The Kier molecular flexibility index (Phi) is 8.45. The van der Waals surface area contributed by atoms with Gasteiger partial charge in [-0.2, -0.15) is 0 Å². The monoisotopic (exact) mass is 458 g/mol. The third kappa shape index (κ3) is 7.15. The molecule has 0 aliphatic carbocycles. The molecule has 0 spiro atoms. The second-order valence-electron chi connectivity index (χ2n) is 9.13. The van der Waals surface area contributed by atoms with E-state index in [0.717, 1.165) is 29.7 Å². The molecule has 2 atom stereocenters. The van der Waals surface area contributed by atoms with Crippen molar-refractivity contribution in [2.24, 2.45) is 0 Å². The summed E-state index contributed by atoms with van der Waals surface area (Å²) in [7, 11) is 0. The second-order valence-corrected chi connectivity index (χ2v) is 11.1. The number of nitrogens with one attached hydrogen (secondary N) is 1. The van der Waals surface area contributed by atoms with Crippen molar-refractivity contribution >= 4 is 17.5 Å². The average molecular weight is 459 g/mol. The summed E-state index contributed by atoms with van der Waals surface area (Å²) in [5.74, 6) is 0.808. The second kappa shape index (κ2) is 11.1. The van der Waals surface area contributed by atoms with E-state index in [2.05, 4.69) is 4.72 Å². The summed E-state index contributed by atoms with van der Waals surface area (Å²) >= 11 is -1.12. The van der Waals surface area contributed by atoms with Crippen LogP contribution in [0, 0.1) is 0 Å². The van der Waals surface area contributed by atoms with Gasteiger partial charge in [-0.05, 0) is 51.0 Å². The molecule has 1 amide bonds. The number of rotatable bonds is 7. The maximum atomic E-state index is 12.3. The molecule has 7 heteroatoms. The van der Waals surface area contributed by atoms with Gasteiger partial charge >= 0.3 is 6.09 Å². The van der Waals surface area contributed by atoms with Crippen LogP contribution in [0.3, 0.4) is 0 Å². The van der Waals surface area contributed by atoms with Crippen LogP contribution < -0.4 is 9.46 Å². The predicted molar refractivity (Wildman–Crippen MR) is 128 cm³/mol. The van der Waals surface area contributed by atoms with Crippen LogP contribution in [0.1, 0.15) is 57.7 Å². The van der Waals surface area contributed by atoms with Crippen molar-refractivity contribution in [2.45, 2.75) is 64.0 Å². The first-order valence-corrected chi connectivity index (χ1v) is 12.3. The average Bonchev–Trinajstić information content (AvgIpc) is 2.78. The Morgan fingerprint density at radius 1 is 1.12 bits per heavy atom. The quantitative estimate of drug-likeness (QED) is 0.593. The van der Waals surface area contributed by atoms with Crippen molar-refractivity contribution < 1.29 is 18.8 Å². The summed E-state index contributed by atoms with van der Waals surface area (Å²) < 4.78 is 26.7. The number of benzene rings is 2. The van der Waals surface area contributed by atoms with E-state index < -0.39 is 11.4 Å². The molecule has 1 unspecified atom stereocenters. The van der Waals surface area contributed by atoms with E-state index in [4.69, 9.17) is 9.47 Å². The van der Waals surface area contributed by atoms with Crippen LogP contribution in [0.5, 0.6) is 5.75 Å². The van der Waals surface area contributed by atoms with Gasteiger partial charge in [-0.3, -0.25) is 0 Å². The minimum absolute atomic E-state index is 0.0192. The number of nitrogens with zero attached hydrogens (tertiary/aromatic N) is 1. The number of piperidine rings is 1. The third-order valence-electron chi connectivity index (χ3n) is 5.43. The largest absolute Gasteiger partial charge is 0.598 e. The Hall–Kier alpha value is -2.22. The van der Waals surface area contributed by atoms with E-state index in [-0.39, 0.29) is 23.0 Å². The molecule has 1 fully saturated rings. The van der Waals surface area contributed by atoms with E-state index >= 15 is 0 Å². The van der Waals surface area contributed by atoms with Crippen molar-refractivity contribution in [2.75, 3.05) is 13.1 Å². The van der Waals surface area contributed by atoms with Gasteiger partial charge in [0.15, 0.2) is 0 Å². The van der Waals surface area contributed by atoms with Crippen LogP contribution in [0.4, 0.5) is 4.79 Å². The smallest absolute Gasteiger partial charge is 0.410 e. The molecule has 0 saturated carbocycles. The maximum Gasteiger partial charge on any atom is 0.410 e. The molecule has 2 aromatic rings. The number of carbonyl (C=O) groups excluding carboxylic acids is 1. The normalized spacial score (nSPS) is 17.0. The molecule has 0 aromatic heterocycles. The molecule has 3 rings (SSSR count). The summed E-state index contributed by atoms with van der Waals surface area (Å²) in [6, 6.07) is 17.6. The van der Waals surface area contributed by atoms with Gasteiger partial charge in [-0.1, -0.05) is 42.5 Å². The summed E-state index contributed by atoms with van der Waals surface area (Å²) in [5.41, 5.74) is 2.04. The Bertz CT molecular complexity index is 846. The third-order valence-corrected chi connectivity index (χ3v) is 7.11. The predicted octanol–water partition coefficient (Wildman–Crippen LogP) is 4.98. The first-order valence-electron chi connectivity index (χ1n) is 11.1. The lowest BCUT2D eigenvalue weighted by atomic mass is 10.1. The molecule has 174 valence electrons. The van der Waals surface area contributed by atoms with E-state index in [1.54, 1.807) is 4.90 Å². The fraction of sp³-hybridized carbons (Fsp3) is 0.480. The van der Waals surface area contributed by atoms with E-state index in [9.17, 15) is 9.35 Å². The lowest BCUT2D eigenvalue weighted by Crippen LogP contribution is -2.42. The molecule has 1 aliphatic rings. The van der Waals surface area contributed by atoms with Crippen molar-refractivity contribution in [3.8, 4) is 5.75 Å². The van der Waals surface area contributed by atoms with E-state index in [1.807, 2.05) is 82.3 Å². The molecule has 1 N–H and O–H groups in total. The van der Waals surface area contributed by atoms with Crippen LogP contribution in [-0.2, 0) is 22.7 Å². The number of hydrogen-bond donors (Lipinski definition) is 1. The van der Waals surface area contributed by atoms with Crippen molar-refractivity contribution in [1.29, 1.82) is 0 Å². The standard InChI is InChI=1S/C25H34N2O4S/c1-19(26-32(29)25(2,3)4)21-10-12-22(13-11-21)31-23-14-16-27(17-15-23)24(28)30-18-20-8-6-5-7-9-20/h5-13,19,23,26H,14-18H2,1-4H3/t19?,32-/m0/s1. The van der Waals surface area contributed by atoms with Gasteiger partial charge < -0.3 is 18.9 Å². The van der Waals surface area contributed by atoms with Crippen LogP contribution in [0.2, 0.25) is 0 Å². The summed E-state index contributed by atoms with van der Waals surface area (Å²) in [6.45, 7) is 9.40. The molecule has 6 nitrogen and oxygen atoms in total. The van der Waals surface area contributed by atoms with Gasteiger partial charge in [0.2, 0.25) is 0 Å². The highest BCUT2D eigenvalue weighted by atomic mass is 32.2. The van der Waals surface area contributed by atoms with Crippen LogP contribution >= 0.6 is 0 Å². The molecular formula is C25H34N2O4S. The SMILES string of the molecule is CC(N[S@@+]([O-])C(C)(C)C)c1ccc(OC2CCN(C(=O)OCc3ccccc3)CC2)cc1. The zero-order chi connectivity index (χ0) is 23.1. The van der Waals surface area contributed by atoms with Crippen molar-refractivity contribution in [3.63, 3.8) is 0 Å². The van der Waals surface area contributed by atoms with Crippen molar-refractivity contribution in [3.05, 3.63) is 65.7 Å². The fourth-order valence-corrected chi connectivity index (χ4v) is 4.21.